The molecule has 1 nitrogen and oxygen atoms in total. The summed E-state index contributed by atoms with van der Waals surface area (Å²) in [6.45, 7) is 4.54. The lowest BCUT2D eigenvalue weighted by molar-refractivity contribution is -0.0210. The normalized spacial score (nSPS) is 18.0. The van der Waals surface area contributed by atoms with Crippen LogP contribution in [0.4, 0.5) is 17.6 Å². The molecule has 3 aromatic rings. The minimum atomic E-state index is -0.929. The van der Waals surface area contributed by atoms with Gasteiger partial charge in [-0.1, -0.05) is 74.0 Å². The lowest BCUT2D eigenvalue weighted by atomic mass is 9.90. The largest absolute Gasteiger partial charge is 0.373 e. The van der Waals surface area contributed by atoms with Crippen LogP contribution >= 0.6 is 0 Å². The molecule has 0 aliphatic carbocycles. The summed E-state index contributed by atoms with van der Waals surface area (Å²) in [6, 6.07) is 12.7. The van der Waals surface area contributed by atoms with Gasteiger partial charge in [0.15, 0.2) is 23.3 Å². The lowest BCUT2D eigenvalue weighted by Crippen LogP contribution is -2.21. The van der Waals surface area contributed by atoms with Crippen molar-refractivity contribution in [2.45, 2.75) is 64.9 Å². The maximum absolute atomic E-state index is 15.1. The second kappa shape index (κ2) is 12.6. The molecule has 3 aromatic carbocycles. The minimum Gasteiger partial charge on any atom is -0.373 e. The Morgan fingerprint density at radius 3 is 2.05 bits per heavy atom. The zero-order valence-corrected chi connectivity index (χ0v) is 21.5. The molecule has 196 valence electrons. The van der Waals surface area contributed by atoms with Gasteiger partial charge in [0.2, 0.25) is 0 Å². The van der Waals surface area contributed by atoms with Crippen molar-refractivity contribution in [3.63, 3.8) is 0 Å². The fourth-order valence-electron chi connectivity index (χ4n) is 5.02. The zero-order chi connectivity index (χ0) is 26.4. The number of ether oxygens (including phenoxy) is 1. The second-order valence-corrected chi connectivity index (χ2v) is 9.82. The van der Waals surface area contributed by atoms with E-state index in [-0.39, 0.29) is 16.7 Å². The van der Waals surface area contributed by atoms with Gasteiger partial charge in [-0.3, -0.25) is 0 Å². The van der Waals surface area contributed by atoms with E-state index in [1.165, 1.54) is 0 Å². The predicted octanol–water partition coefficient (Wildman–Crippen LogP) is 9.74. The molecule has 0 amide bonds. The summed E-state index contributed by atoms with van der Waals surface area (Å²) in [6.07, 6.45) is 9.48. The molecule has 2 atom stereocenters. The number of hydrogen-bond donors (Lipinski definition) is 0. The van der Waals surface area contributed by atoms with E-state index >= 15 is 8.78 Å². The summed E-state index contributed by atoms with van der Waals surface area (Å²) in [5.41, 5.74) is 1.80. The van der Waals surface area contributed by atoms with Gasteiger partial charge in [-0.05, 0) is 68.1 Å². The molecule has 0 N–H and O–H groups in total. The van der Waals surface area contributed by atoms with Crippen molar-refractivity contribution in [3.05, 3.63) is 95.1 Å². The molecule has 1 saturated heterocycles. The first kappa shape index (κ1) is 27.1. The molecule has 0 spiro atoms. The Labute approximate surface area is 217 Å². The highest BCUT2D eigenvalue weighted by Crippen LogP contribution is 2.37. The van der Waals surface area contributed by atoms with Crippen molar-refractivity contribution in [3.8, 4) is 22.3 Å². The summed E-state index contributed by atoms with van der Waals surface area (Å²) in [5, 5.41) is 0. The maximum atomic E-state index is 15.1. The Morgan fingerprint density at radius 1 is 0.811 bits per heavy atom. The number of unbranched alkanes of at least 4 members (excludes halogenated alkanes) is 1. The van der Waals surface area contributed by atoms with Crippen LogP contribution in [0.15, 0.2) is 60.7 Å². The summed E-state index contributed by atoms with van der Waals surface area (Å²) in [7, 11) is 0. The van der Waals surface area contributed by atoms with Gasteiger partial charge >= 0.3 is 0 Å². The molecule has 0 aromatic heterocycles. The van der Waals surface area contributed by atoms with Crippen molar-refractivity contribution < 1.29 is 22.3 Å². The van der Waals surface area contributed by atoms with Gasteiger partial charge in [-0.25, -0.2) is 17.6 Å². The fraction of sp³-hybridized carbons (Fsp3) is 0.375. The zero-order valence-electron chi connectivity index (χ0n) is 21.5. The molecule has 0 radical (unpaired) electrons. The highest BCUT2D eigenvalue weighted by molar-refractivity contribution is 5.71. The average Bonchev–Trinajstić information content (AvgIpc) is 2.92. The van der Waals surface area contributed by atoms with Gasteiger partial charge in [-0.15, -0.1) is 0 Å². The summed E-state index contributed by atoms with van der Waals surface area (Å²) in [5.74, 6) is -3.10. The molecule has 1 aliphatic rings. The number of benzene rings is 3. The first-order valence-electron chi connectivity index (χ1n) is 13.2. The van der Waals surface area contributed by atoms with E-state index < -0.39 is 29.4 Å². The Kier molecular flexibility index (Phi) is 9.20. The standard InChI is InChI=1S/C32H34F4O/c1-3-5-7-8-21-10-19-28(37-20-21)27-18-17-26(31(35)32(27)36)23-13-11-22(12-14-23)25-16-15-24(9-6-4-2)29(33)30(25)34/h3,5,11-18,21,28H,4,6-10,19-20H2,1-2H3/b5-3+. The van der Waals surface area contributed by atoms with Crippen molar-refractivity contribution in [1.29, 1.82) is 0 Å². The summed E-state index contributed by atoms with van der Waals surface area (Å²) >= 11 is 0. The molecule has 1 aliphatic heterocycles. The molecule has 4 rings (SSSR count). The third-order valence-corrected chi connectivity index (χ3v) is 7.28. The number of allylic oxidation sites excluding steroid dienone is 2. The Hall–Kier alpha value is -2.92. The monoisotopic (exact) mass is 510 g/mol. The highest BCUT2D eigenvalue weighted by Gasteiger charge is 2.27. The SMILES string of the molecule is C/C=C/CCC1CCC(c2ccc(-c3ccc(-c4ccc(CCCC)c(F)c4F)cc3)c(F)c2F)OC1. The number of rotatable bonds is 9. The van der Waals surface area contributed by atoms with Gasteiger partial charge < -0.3 is 4.74 Å². The number of aryl methyl sites for hydroxylation is 1. The van der Waals surface area contributed by atoms with E-state index in [1.807, 2.05) is 19.9 Å². The highest BCUT2D eigenvalue weighted by atomic mass is 19.2. The van der Waals surface area contributed by atoms with E-state index in [0.29, 0.717) is 42.1 Å². The van der Waals surface area contributed by atoms with Crippen molar-refractivity contribution in [1.82, 2.24) is 0 Å². The molecule has 0 bridgehead atoms. The van der Waals surface area contributed by atoms with Crippen LogP contribution in [0.3, 0.4) is 0 Å². The quantitative estimate of drug-likeness (QED) is 0.206. The summed E-state index contributed by atoms with van der Waals surface area (Å²) < 4.78 is 65.4. The fourth-order valence-corrected chi connectivity index (χ4v) is 5.02. The minimum absolute atomic E-state index is 0.120. The Bertz CT molecular complexity index is 1220. The van der Waals surface area contributed by atoms with Gasteiger partial charge in [0, 0.05) is 16.7 Å². The van der Waals surface area contributed by atoms with Gasteiger partial charge in [-0.2, -0.15) is 0 Å². The molecule has 37 heavy (non-hydrogen) atoms. The van der Waals surface area contributed by atoms with Crippen LogP contribution in [0.5, 0.6) is 0 Å². The average molecular weight is 511 g/mol. The van der Waals surface area contributed by atoms with Crippen LogP contribution in [0.1, 0.15) is 69.6 Å². The Balaban J connectivity index is 1.49. The van der Waals surface area contributed by atoms with E-state index in [2.05, 4.69) is 6.08 Å². The van der Waals surface area contributed by atoms with E-state index in [0.717, 1.165) is 32.1 Å². The van der Waals surface area contributed by atoms with Crippen LogP contribution in [0.25, 0.3) is 22.3 Å². The predicted molar refractivity (Wildman–Crippen MR) is 141 cm³/mol. The summed E-state index contributed by atoms with van der Waals surface area (Å²) in [4.78, 5) is 0. The molecule has 1 heterocycles. The van der Waals surface area contributed by atoms with E-state index in [9.17, 15) is 8.78 Å². The van der Waals surface area contributed by atoms with Crippen LogP contribution in [-0.4, -0.2) is 6.61 Å². The van der Waals surface area contributed by atoms with E-state index in [1.54, 1.807) is 48.5 Å². The smallest absolute Gasteiger partial charge is 0.167 e. The molecule has 0 saturated carbocycles. The first-order chi connectivity index (χ1) is 17.9. The first-order valence-corrected chi connectivity index (χ1v) is 13.2. The van der Waals surface area contributed by atoms with Gasteiger partial charge in [0.25, 0.3) is 0 Å². The Morgan fingerprint density at radius 2 is 1.46 bits per heavy atom. The molecule has 2 unspecified atom stereocenters. The van der Waals surface area contributed by atoms with E-state index in [4.69, 9.17) is 4.74 Å². The lowest BCUT2D eigenvalue weighted by Gasteiger charge is -2.29. The van der Waals surface area contributed by atoms with Crippen molar-refractivity contribution in [2.75, 3.05) is 6.61 Å². The molecule has 5 heteroatoms. The number of halogens is 4. The maximum Gasteiger partial charge on any atom is 0.167 e. The van der Waals surface area contributed by atoms with Crippen LogP contribution in [0, 0.1) is 29.2 Å². The van der Waals surface area contributed by atoms with Crippen molar-refractivity contribution >= 4 is 0 Å². The van der Waals surface area contributed by atoms with Gasteiger partial charge in [0.1, 0.15) is 0 Å². The van der Waals surface area contributed by atoms with Crippen molar-refractivity contribution in [2.24, 2.45) is 5.92 Å². The third kappa shape index (κ3) is 6.15. The van der Waals surface area contributed by atoms with Gasteiger partial charge in [0.05, 0.1) is 12.7 Å². The van der Waals surface area contributed by atoms with Crippen LogP contribution in [-0.2, 0) is 11.2 Å². The van der Waals surface area contributed by atoms with Crippen LogP contribution < -0.4 is 0 Å². The van der Waals surface area contributed by atoms with Crippen LogP contribution in [0.2, 0.25) is 0 Å². The molecule has 1 fully saturated rings. The molecular formula is C32H34F4O. The third-order valence-electron chi connectivity index (χ3n) is 7.28. The molecular weight excluding hydrogens is 476 g/mol. The second-order valence-electron chi connectivity index (χ2n) is 9.82. The topological polar surface area (TPSA) is 9.23 Å². The number of hydrogen-bond acceptors (Lipinski definition) is 1.